The van der Waals surface area contributed by atoms with Crippen LogP contribution in [0.3, 0.4) is 0 Å². The monoisotopic (exact) mass is 307 g/mol. The first-order valence-electron chi connectivity index (χ1n) is 6.11. The van der Waals surface area contributed by atoms with Crippen LogP contribution in [0.4, 0.5) is 13.2 Å². The van der Waals surface area contributed by atoms with Crippen molar-refractivity contribution in [3.05, 3.63) is 48.8 Å². The fourth-order valence-corrected chi connectivity index (χ4v) is 1.77. The van der Waals surface area contributed by atoms with Crippen molar-refractivity contribution in [2.45, 2.75) is 6.36 Å². The van der Waals surface area contributed by atoms with Gasteiger partial charge in [-0.05, 0) is 30.3 Å². The molecular weight excluding hydrogens is 299 g/mol. The van der Waals surface area contributed by atoms with Gasteiger partial charge in [-0.3, -0.25) is 4.98 Å². The Labute approximate surface area is 122 Å². The zero-order valence-electron chi connectivity index (χ0n) is 10.9. The van der Waals surface area contributed by atoms with E-state index in [9.17, 15) is 13.2 Å². The molecule has 0 saturated heterocycles. The highest BCUT2D eigenvalue weighted by molar-refractivity contribution is 5.58. The average Bonchev–Trinajstić information content (AvgIpc) is 2.96. The summed E-state index contributed by atoms with van der Waals surface area (Å²) in [4.78, 5) is 3.92. The third-order valence-corrected chi connectivity index (χ3v) is 2.65. The molecule has 1 aromatic carbocycles. The standard InChI is InChI=1S/C14H8F3N3O2/c15-14(16,17)22-11-5-1-3-9(7-11)12-19-20-13(21-12)10-4-2-6-18-8-10/h1-8H. The van der Waals surface area contributed by atoms with Gasteiger partial charge in [-0.1, -0.05) is 6.07 Å². The number of halogens is 3. The smallest absolute Gasteiger partial charge is 0.416 e. The Morgan fingerprint density at radius 3 is 2.36 bits per heavy atom. The van der Waals surface area contributed by atoms with E-state index < -0.39 is 6.36 Å². The van der Waals surface area contributed by atoms with E-state index >= 15 is 0 Å². The predicted octanol–water partition coefficient (Wildman–Crippen LogP) is 3.70. The topological polar surface area (TPSA) is 61.0 Å². The summed E-state index contributed by atoms with van der Waals surface area (Å²) >= 11 is 0. The first-order valence-corrected chi connectivity index (χ1v) is 6.11. The maximum Gasteiger partial charge on any atom is 0.573 e. The lowest BCUT2D eigenvalue weighted by Gasteiger charge is -2.08. The Kier molecular flexibility index (Phi) is 3.50. The third-order valence-electron chi connectivity index (χ3n) is 2.65. The molecule has 3 aromatic rings. The Morgan fingerprint density at radius 1 is 0.955 bits per heavy atom. The van der Waals surface area contributed by atoms with Crippen molar-refractivity contribution < 1.29 is 22.3 Å². The van der Waals surface area contributed by atoms with Crippen LogP contribution < -0.4 is 4.74 Å². The lowest BCUT2D eigenvalue weighted by molar-refractivity contribution is -0.274. The Morgan fingerprint density at radius 2 is 1.68 bits per heavy atom. The molecule has 8 heteroatoms. The molecule has 0 aliphatic rings. The molecule has 0 saturated carbocycles. The Bertz CT molecular complexity index is 772. The first kappa shape index (κ1) is 14.1. The van der Waals surface area contributed by atoms with E-state index in [0.717, 1.165) is 0 Å². The van der Waals surface area contributed by atoms with Crippen LogP contribution in [-0.4, -0.2) is 21.5 Å². The number of hydrogen-bond donors (Lipinski definition) is 0. The molecule has 0 N–H and O–H groups in total. The maximum atomic E-state index is 12.2. The fourth-order valence-electron chi connectivity index (χ4n) is 1.77. The normalized spacial score (nSPS) is 11.4. The average molecular weight is 307 g/mol. The molecule has 0 aliphatic carbocycles. The van der Waals surface area contributed by atoms with Crippen molar-refractivity contribution in [2.24, 2.45) is 0 Å². The number of pyridine rings is 1. The number of rotatable bonds is 3. The molecule has 0 fully saturated rings. The molecule has 0 amide bonds. The molecule has 0 bridgehead atoms. The van der Waals surface area contributed by atoms with Gasteiger partial charge >= 0.3 is 6.36 Å². The number of nitrogens with zero attached hydrogens (tertiary/aromatic N) is 3. The molecule has 2 heterocycles. The molecule has 112 valence electrons. The number of benzene rings is 1. The number of ether oxygens (including phenoxy) is 1. The number of hydrogen-bond acceptors (Lipinski definition) is 5. The number of alkyl halides is 3. The lowest BCUT2D eigenvalue weighted by atomic mass is 10.2. The van der Waals surface area contributed by atoms with Crippen LogP contribution in [0.5, 0.6) is 5.75 Å². The second-order valence-corrected chi connectivity index (χ2v) is 4.23. The molecule has 5 nitrogen and oxygen atoms in total. The summed E-state index contributed by atoms with van der Waals surface area (Å²) in [7, 11) is 0. The molecule has 0 spiro atoms. The van der Waals surface area contributed by atoms with Crippen LogP contribution in [0.2, 0.25) is 0 Å². The fraction of sp³-hybridized carbons (Fsp3) is 0.0714. The molecule has 0 unspecified atom stereocenters. The van der Waals surface area contributed by atoms with Crippen LogP contribution in [0, 0.1) is 0 Å². The number of aromatic nitrogens is 3. The van der Waals surface area contributed by atoms with Crippen molar-refractivity contribution in [3.63, 3.8) is 0 Å². The zero-order valence-corrected chi connectivity index (χ0v) is 10.9. The maximum absolute atomic E-state index is 12.2. The third kappa shape index (κ3) is 3.22. The van der Waals surface area contributed by atoms with Gasteiger partial charge in [-0.2, -0.15) is 0 Å². The van der Waals surface area contributed by atoms with Crippen LogP contribution in [-0.2, 0) is 0 Å². The van der Waals surface area contributed by atoms with Crippen LogP contribution >= 0.6 is 0 Å². The van der Waals surface area contributed by atoms with Gasteiger partial charge in [0.15, 0.2) is 0 Å². The van der Waals surface area contributed by atoms with E-state index in [1.165, 1.54) is 18.2 Å². The minimum Gasteiger partial charge on any atom is -0.416 e. The quantitative estimate of drug-likeness (QED) is 0.738. The van der Waals surface area contributed by atoms with Crippen LogP contribution in [0.25, 0.3) is 22.9 Å². The SMILES string of the molecule is FC(F)(F)Oc1cccc(-c2nnc(-c3cccnc3)o2)c1. The van der Waals surface area contributed by atoms with Crippen molar-refractivity contribution >= 4 is 0 Å². The second kappa shape index (κ2) is 5.47. The first-order chi connectivity index (χ1) is 10.5. The molecule has 0 atom stereocenters. The van der Waals surface area contributed by atoms with E-state index in [1.54, 1.807) is 30.6 Å². The molecular formula is C14H8F3N3O2. The van der Waals surface area contributed by atoms with Crippen molar-refractivity contribution in [2.75, 3.05) is 0 Å². The van der Waals surface area contributed by atoms with Gasteiger partial charge in [-0.15, -0.1) is 23.4 Å². The van der Waals surface area contributed by atoms with Crippen molar-refractivity contribution in [3.8, 4) is 28.7 Å². The second-order valence-electron chi connectivity index (χ2n) is 4.23. The van der Waals surface area contributed by atoms with Crippen LogP contribution in [0.15, 0.2) is 53.2 Å². The van der Waals surface area contributed by atoms with E-state index in [2.05, 4.69) is 19.9 Å². The van der Waals surface area contributed by atoms with Gasteiger partial charge in [0.05, 0.1) is 5.56 Å². The highest BCUT2D eigenvalue weighted by Gasteiger charge is 2.31. The van der Waals surface area contributed by atoms with Gasteiger partial charge in [-0.25, -0.2) is 0 Å². The summed E-state index contributed by atoms with van der Waals surface area (Å²) in [6.07, 6.45) is -1.62. The Balaban J connectivity index is 1.89. The molecule has 0 radical (unpaired) electrons. The van der Waals surface area contributed by atoms with Crippen molar-refractivity contribution in [1.82, 2.24) is 15.2 Å². The minimum absolute atomic E-state index is 0.0893. The van der Waals surface area contributed by atoms with E-state index in [1.807, 2.05) is 0 Å². The summed E-state index contributed by atoms with van der Waals surface area (Å²) < 4.78 is 46.0. The zero-order chi connectivity index (χ0) is 15.6. The summed E-state index contributed by atoms with van der Waals surface area (Å²) in [5.41, 5.74) is 0.938. The molecule has 22 heavy (non-hydrogen) atoms. The van der Waals surface area contributed by atoms with Gasteiger partial charge < -0.3 is 9.15 Å². The van der Waals surface area contributed by atoms with E-state index in [0.29, 0.717) is 11.1 Å². The van der Waals surface area contributed by atoms with Gasteiger partial charge in [0, 0.05) is 18.0 Å². The van der Waals surface area contributed by atoms with Crippen molar-refractivity contribution in [1.29, 1.82) is 0 Å². The molecule has 2 aromatic heterocycles. The van der Waals surface area contributed by atoms with Gasteiger partial charge in [0.1, 0.15) is 5.75 Å². The largest absolute Gasteiger partial charge is 0.573 e. The highest BCUT2D eigenvalue weighted by Crippen LogP contribution is 2.28. The van der Waals surface area contributed by atoms with E-state index in [-0.39, 0.29) is 17.5 Å². The van der Waals surface area contributed by atoms with Gasteiger partial charge in [0.2, 0.25) is 11.8 Å². The summed E-state index contributed by atoms with van der Waals surface area (Å²) in [6, 6.07) is 8.75. The van der Waals surface area contributed by atoms with Gasteiger partial charge in [0.25, 0.3) is 0 Å². The molecule has 3 rings (SSSR count). The predicted molar refractivity (Wildman–Crippen MR) is 69.6 cm³/mol. The molecule has 0 aliphatic heterocycles. The summed E-state index contributed by atoms with van der Waals surface area (Å²) in [5, 5.41) is 7.67. The van der Waals surface area contributed by atoms with Crippen LogP contribution in [0.1, 0.15) is 0 Å². The lowest BCUT2D eigenvalue weighted by Crippen LogP contribution is -2.17. The summed E-state index contributed by atoms with van der Waals surface area (Å²) in [6.45, 7) is 0. The van der Waals surface area contributed by atoms with E-state index in [4.69, 9.17) is 4.42 Å². The minimum atomic E-state index is -4.76. The Hall–Kier alpha value is -2.90. The summed E-state index contributed by atoms with van der Waals surface area (Å²) in [5.74, 6) is -0.0390. The highest BCUT2D eigenvalue weighted by atomic mass is 19.4.